The summed E-state index contributed by atoms with van der Waals surface area (Å²) in [6.45, 7) is 5.68. The van der Waals surface area contributed by atoms with E-state index in [2.05, 4.69) is 53.7 Å². The van der Waals surface area contributed by atoms with E-state index in [0.29, 0.717) is 12.2 Å². The molecule has 4 heteroatoms. The number of aryl methyl sites for hydroxylation is 1. The third-order valence-electron chi connectivity index (χ3n) is 3.64. The Balaban J connectivity index is 1.83. The normalized spacial score (nSPS) is 10.3. The van der Waals surface area contributed by atoms with Gasteiger partial charge in [0.25, 0.3) is 5.91 Å². The molecule has 2 N–H and O–H groups in total. The second-order valence-electron chi connectivity index (χ2n) is 5.74. The number of anilines is 1. The van der Waals surface area contributed by atoms with Gasteiger partial charge in [-0.2, -0.15) is 0 Å². The Morgan fingerprint density at radius 3 is 2.74 bits per heavy atom. The highest BCUT2D eigenvalue weighted by Crippen LogP contribution is 2.10. The number of pyridine rings is 1. The van der Waals surface area contributed by atoms with Gasteiger partial charge in [-0.3, -0.25) is 4.79 Å². The Morgan fingerprint density at radius 2 is 2.04 bits per heavy atom. The van der Waals surface area contributed by atoms with Gasteiger partial charge in [0, 0.05) is 13.1 Å². The Kier molecular flexibility index (Phi) is 6.60. The lowest BCUT2D eigenvalue weighted by Crippen LogP contribution is -2.25. The zero-order chi connectivity index (χ0) is 16.5. The van der Waals surface area contributed by atoms with Crippen molar-refractivity contribution in [1.29, 1.82) is 0 Å². The first kappa shape index (κ1) is 17.0. The number of hydrogen-bond donors (Lipinski definition) is 2. The number of aromatic nitrogens is 1. The molecule has 0 bridgehead atoms. The van der Waals surface area contributed by atoms with Crippen molar-refractivity contribution in [1.82, 2.24) is 10.3 Å². The standard InChI is InChI=1S/C19H25N3O/c1-3-4-5-11-20-19(23)18-10-9-17(14-22-18)21-13-16-8-6-7-15(2)12-16/h6-10,12,14,21H,3-5,11,13H2,1-2H3,(H,20,23). The van der Waals surface area contributed by atoms with Crippen LogP contribution in [0.4, 0.5) is 5.69 Å². The number of carbonyl (C=O) groups is 1. The number of rotatable bonds is 8. The van der Waals surface area contributed by atoms with Crippen molar-refractivity contribution in [3.05, 3.63) is 59.4 Å². The zero-order valence-corrected chi connectivity index (χ0v) is 13.9. The van der Waals surface area contributed by atoms with E-state index in [1.54, 1.807) is 12.3 Å². The first-order valence-electron chi connectivity index (χ1n) is 8.22. The van der Waals surface area contributed by atoms with Crippen LogP contribution in [0.3, 0.4) is 0 Å². The molecule has 0 unspecified atom stereocenters. The SMILES string of the molecule is CCCCCNC(=O)c1ccc(NCc2cccc(C)c2)cn1. The maximum absolute atomic E-state index is 11.9. The van der Waals surface area contributed by atoms with E-state index in [1.807, 2.05) is 6.07 Å². The van der Waals surface area contributed by atoms with Gasteiger partial charge in [-0.25, -0.2) is 4.98 Å². The average molecular weight is 311 g/mol. The van der Waals surface area contributed by atoms with Crippen molar-refractivity contribution in [2.24, 2.45) is 0 Å². The molecule has 0 aliphatic rings. The molecule has 1 heterocycles. The summed E-state index contributed by atoms with van der Waals surface area (Å²) in [5.41, 5.74) is 3.84. The predicted octanol–water partition coefficient (Wildman–Crippen LogP) is 3.92. The van der Waals surface area contributed by atoms with Gasteiger partial charge in [0.15, 0.2) is 0 Å². The van der Waals surface area contributed by atoms with Gasteiger partial charge in [0.1, 0.15) is 5.69 Å². The molecule has 1 aromatic carbocycles. The van der Waals surface area contributed by atoms with Crippen LogP contribution in [0.15, 0.2) is 42.6 Å². The molecule has 4 nitrogen and oxygen atoms in total. The number of hydrogen-bond acceptors (Lipinski definition) is 3. The molecule has 0 aliphatic carbocycles. The van der Waals surface area contributed by atoms with Crippen molar-refractivity contribution in [3.8, 4) is 0 Å². The van der Waals surface area contributed by atoms with E-state index in [1.165, 1.54) is 11.1 Å². The van der Waals surface area contributed by atoms with E-state index >= 15 is 0 Å². The zero-order valence-electron chi connectivity index (χ0n) is 13.9. The lowest BCUT2D eigenvalue weighted by atomic mass is 10.1. The maximum atomic E-state index is 11.9. The quantitative estimate of drug-likeness (QED) is 0.726. The van der Waals surface area contributed by atoms with Gasteiger partial charge in [0.2, 0.25) is 0 Å². The van der Waals surface area contributed by atoms with Crippen LogP contribution in [0.25, 0.3) is 0 Å². The minimum absolute atomic E-state index is 0.105. The van der Waals surface area contributed by atoms with Crippen LogP contribution in [0, 0.1) is 6.92 Å². The summed E-state index contributed by atoms with van der Waals surface area (Å²) in [7, 11) is 0. The molecule has 1 amide bonds. The Bertz CT molecular complexity index is 623. The second kappa shape index (κ2) is 8.93. The van der Waals surface area contributed by atoms with E-state index in [0.717, 1.165) is 31.5 Å². The fraction of sp³-hybridized carbons (Fsp3) is 0.368. The second-order valence-corrected chi connectivity index (χ2v) is 5.74. The molecule has 0 atom stereocenters. The summed E-state index contributed by atoms with van der Waals surface area (Å²) < 4.78 is 0. The number of unbranched alkanes of at least 4 members (excludes halogenated alkanes) is 2. The van der Waals surface area contributed by atoms with E-state index in [-0.39, 0.29) is 5.91 Å². The first-order valence-corrected chi connectivity index (χ1v) is 8.22. The largest absolute Gasteiger partial charge is 0.380 e. The van der Waals surface area contributed by atoms with Crippen LogP contribution in [0.2, 0.25) is 0 Å². The number of carbonyl (C=O) groups excluding carboxylic acids is 1. The van der Waals surface area contributed by atoms with Gasteiger partial charge in [0.05, 0.1) is 11.9 Å². The summed E-state index contributed by atoms with van der Waals surface area (Å²) >= 11 is 0. The molecule has 0 radical (unpaired) electrons. The van der Waals surface area contributed by atoms with Gasteiger partial charge in [-0.05, 0) is 31.0 Å². The van der Waals surface area contributed by atoms with Crippen LogP contribution >= 0.6 is 0 Å². The molecule has 0 spiro atoms. The van der Waals surface area contributed by atoms with Crippen molar-refractivity contribution in [2.75, 3.05) is 11.9 Å². The summed E-state index contributed by atoms with van der Waals surface area (Å²) in [5.74, 6) is -0.105. The van der Waals surface area contributed by atoms with E-state index in [9.17, 15) is 4.79 Å². The molecular formula is C19H25N3O. The molecule has 122 valence electrons. The molecule has 23 heavy (non-hydrogen) atoms. The highest BCUT2D eigenvalue weighted by Gasteiger charge is 2.06. The lowest BCUT2D eigenvalue weighted by Gasteiger charge is -2.08. The van der Waals surface area contributed by atoms with Crippen molar-refractivity contribution in [2.45, 2.75) is 39.7 Å². The monoisotopic (exact) mass is 311 g/mol. The van der Waals surface area contributed by atoms with Gasteiger partial charge in [-0.1, -0.05) is 49.6 Å². The highest BCUT2D eigenvalue weighted by atomic mass is 16.1. The molecule has 0 fully saturated rings. The lowest BCUT2D eigenvalue weighted by molar-refractivity contribution is 0.0948. The molecule has 2 rings (SSSR count). The molecule has 0 saturated heterocycles. The van der Waals surface area contributed by atoms with E-state index in [4.69, 9.17) is 0 Å². The molecule has 0 aliphatic heterocycles. The minimum atomic E-state index is -0.105. The van der Waals surface area contributed by atoms with Crippen LogP contribution in [-0.2, 0) is 6.54 Å². The molecular weight excluding hydrogens is 286 g/mol. The minimum Gasteiger partial charge on any atom is -0.380 e. The number of nitrogens with zero attached hydrogens (tertiary/aromatic N) is 1. The number of benzene rings is 1. The van der Waals surface area contributed by atoms with Crippen LogP contribution in [0.1, 0.15) is 47.8 Å². The van der Waals surface area contributed by atoms with Crippen molar-refractivity contribution in [3.63, 3.8) is 0 Å². The first-order chi connectivity index (χ1) is 11.2. The summed E-state index contributed by atoms with van der Waals surface area (Å²) in [4.78, 5) is 16.2. The average Bonchev–Trinajstić information content (AvgIpc) is 2.57. The number of amides is 1. The van der Waals surface area contributed by atoms with Gasteiger partial charge < -0.3 is 10.6 Å². The van der Waals surface area contributed by atoms with Gasteiger partial charge >= 0.3 is 0 Å². The summed E-state index contributed by atoms with van der Waals surface area (Å²) in [6.07, 6.45) is 5.00. The highest BCUT2D eigenvalue weighted by molar-refractivity contribution is 5.92. The third kappa shape index (κ3) is 5.74. The fourth-order valence-electron chi connectivity index (χ4n) is 2.33. The molecule has 0 saturated carbocycles. The Morgan fingerprint density at radius 1 is 1.17 bits per heavy atom. The van der Waals surface area contributed by atoms with Crippen molar-refractivity contribution >= 4 is 11.6 Å². The van der Waals surface area contributed by atoms with Crippen LogP contribution < -0.4 is 10.6 Å². The smallest absolute Gasteiger partial charge is 0.269 e. The maximum Gasteiger partial charge on any atom is 0.269 e. The third-order valence-corrected chi connectivity index (χ3v) is 3.64. The van der Waals surface area contributed by atoms with Crippen molar-refractivity contribution < 1.29 is 4.79 Å². The summed E-state index contributed by atoms with van der Waals surface area (Å²) in [5, 5.41) is 6.22. The van der Waals surface area contributed by atoms with E-state index < -0.39 is 0 Å². The van der Waals surface area contributed by atoms with Crippen LogP contribution in [0.5, 0.6) is 0 Å². The molecule has 1 aromatic heterocycles. The summed E-state index contributed by atoms with van der Waals surface area (Å²) in [6, 6.07) is 12.0. The van der Waals surface area contributed by atoms with Crippen LogP contribution in [-0.4, -0.2) is 17.4 Å². The number of nitrogens with one attached hydrogen (secondary N) is 2. The molecule has 2 aromatic rings. The Hall–Kier alpha value is -2.36. The van der Waals surface area contributed by atoms with Gasteiger partial charge in [-0.15, -0.1) is 0 Å². The Labute approximate surface area is 138 Å². The topological polar surface area (TPSA) is 54.0 Å². The fourth-order valence-corrected chi connectivity index (χ4v) is 2.33. The predicted molar refractivity (Wildman–Crippen MR) is 94.6 cm³/mol.